The summed E-state index contributed by atoms with van der Waals surface area (Å²) in [5.74, 6) is 1.57. The molecule has 0 aliphatic carbocycles. The third-order valence-electron chi connectivity index (χ3n) is 4.61. The Morgan fingerprint density at radius 3 is 2.73 bits per heavy atom. The fourth-order valence-corrected chi connectivity index (χ4v) is 3.86. The standard InChI is InChI=1S/C19H27N5S.HI/c1-20-19(23-14-17-5-2-3-9-21-17)22-13-16-7-10-24(11-8-16)15-18-6-4-12-25-18;/h2-6,9,12,16H,7-8,10-11,13-15H2,1H3,(H2,20,22,23);1H. The molecule has 1 aliphatic rings. The Kier molecular flexibility index (Phi) is 9.35. The molecule has 0 saturated carbocycles. The third-order valence-corrected chi connectivity index (χ3v) is 5.47. The molecule has 3 rings (SSSR count). The fraction of sp³-hybridized carbons (Fsp3) is 0.474. The number of guanidine groups is 1. The Morgan fingerprint density at radius 1 is 1.23 bits per heavy atom. The molecule has 2 N–H and O–H groups in total. The summed E-state index contributed by atoms with van der Waals surface area (Å²) < 4.78 is 0. The number of thiophene rings is 1. The van der Waals surface area contributed by atoms with E-state index in [1.807, 2.05) is 42.8 Å². The van der Waals surface area contributed by atoms with Gasteiger partial charge in [-0.15, -0.1) is 35.3 Å². The topological polar surface area (TPSA) is 52.6 Å². The van der Waals surface area contributed by atoms with Crippen LogP contribution in [0.2, 0.25) is 0 Å². The first-order valence-corrected chi connectivity index (χ1v) is 9.80. The molecule has 0 bridgehead atoms. The first kappa shape index (κ1) is 21.1. The molecular weight excluding hydrogens is 457 g/mol. The second-order valence-electron chi connectivity index (χ2n) is 6.43. The number of halogens is 1. The molecule has 1 aliphatic heterocycles. The lowest BCUT2D eigenvalue weighted by Crippen LogP contribution is -2.42. The fourth-order valence-electron chi connectivity index (χ4n) is 3.11. The second-order valence-corrected chi connectivity index (χ2v) is 7.46. The lowest BCUT2D eigenvalue weighted by Gasteiger charge is -2.32. The molecule has 142 valence electrons. The van der Waals surface area contributed by atoms with Gasteiger partial charge in [-0.05, 0) is 55.4 Å². The zero-order valence-electron chi connectivity index (χ0n) is 15.2. The van der Waals surface area contributed by atoms with Crippen molar-refractivity contribution in [1.82, 2.24) is 20.5 Å². The van der Waals surface area contributed by atoms with Gasteiger partial charge in [-0.2, -0.15) is 0 Å². The van der Waals surface area contributed by atoms with Gasteiger partial charge in [-0.25, -0.2) is 0 Å². The smallest absolute Gasteiger partial charge is 0.191 e. The largest absolute Gasteiger partial charge is 0.356 e. The third kappa shape index (κ3) is 6.85. The van der Waals surface area contributed by atoms with E-state index in [0.29, 0.717) is 12.5 Å². The van der Waals surface area contributed by atoms with Gasteiger partial charge < -0.3 is 10.6 Å². The second kappa shape index (κ2) is 11.5. The van der Waals surface area contributed by atoms with Crippen molar-refractivity contribution in [3.63, 3.8) is 0 Å². The van der Waals surface area contributed by atoms with Crippen molar-refractivity contribution in [3.05, 3.63) is 52.5 Å². The summed E-state index contributed by atoms with van der Waals surface area (Å²) in [6.07, 6.45) is 4.31. The quantitative estimate of drug-likeness (QED) is 0.375. The SMILES string of the molecule is CN=C(NCc1ccccn1)NCC1CCN(Cc2cccs2)CC1.I. The summed E-state index contributed by atoms with van der Waals surface area (Å²) in [4.78, 5) is 12.7. The van der Waals surface area contributed by atoms with Crippen molar-refractivity contribution in [1.29, 1.82) is 0 Å². The molecular formula is C19H28IN5S. The maximum atomic E-state index is 4.32. The summed E-state index contributed by atoms with van der Waals surface area (Å²) in [6, 6.07) is 10.3. The average molecular weight is 485 g/mol. The first-order valence-electron chi connectivity index (χ1n) is 8.92. The Morgan fingerprint density at radius 2 is 2.08 bits per heavy atom. The normalized spacial score (nSPS) is 16.1. The van der Waals surface area contributed by atoms with E-state index < -0.39 is 0 Å². The van der Waals surface area contributed by atoms with Crippen LogP contribution in [0.25, 0.3) is 0 Å². The highest BCUT2D eigenvalue weighted by molar-refractivity contribution is 14.0. The Balaban J connectivity index is 0.00000243. The average Bonchev–Trinajstić information content (AvgIpc) is 3.17. The molecule has 26 heavy (non-hydrogen) atoms. The molecule has 0 radical (unpaired) electrons. The summed E-state index contributed by atoms with van der Waals surface area (Å²) in [5.41, 5.74) is 1.02. The van der Waals surface area contributed by atoms with Crippen LogP contribution in [0, 0.1) is 5.92 Å². The van der Waals surface area contributed by atoms with Gasteiger partial charge in [0.05, 0.1) is 12.2 Å². The number of likely N-dealkylation sites (tertiary alicyclic amines) is 1. The van der Waals surface area contributed by atoms with Gasteiger partial charge in [-0.3, -0.25) is 14.9 Å². The molecule has 0 unspecified atom stereocenters. The van der Waals surface area contributed by atoms with E-state index >= 15 is 0 Å². The summed E-state index contributed by atoms with van der Waals surface area (Å²) in [7, 11) is 1.82. The van der Waals surface area contributed by atoms with Crippen LogP contribution in [0.5, 0.6) is 0 Å². The molecule has 7 heteroatoms. The van der Waals surface area contributed by atoms with Crippen LogP contribution in [-0.2, 0) is 13.1 Å². The molecule has 2 aromatic heterocycles. The minimum atomic E-state index is 0. The molecule has 2 aromatic rings. The maximum absolute atomic E-state index is 4.32. The van der Waals surface area contributed by atoms with Crippen molar-refractivity contribution in [2.45, 2.75) is 25.9 Å². The van der Waals surface area contributed by atoms with Crippen molar-refractivity contribution in [2.24, 2.45) is 10.9 Å². The van der Waals surface area contributed by atoms with Crippen LogP contribution in [0.4, 0.5) is 0 Å². The van der Waals surface area contributed by atoms with E-state index in [2.05, 4.69) is 43.0 Å². The molecule has 1 fully saturated rings. The Bertz CT molecular complexity index is 639. The van der Waals surface area contributed by atoms with Crippen LogP contribution < -0.4 is 10.6 Å². The van der Waals surface area contributed by atoms with E-state index in [4.69, 9.17) is 0 Å². The lowest BCUT2D eigenvalue weighted by molar-refractivity contribution is 0.179. The lowest BCUT2D eigenvalue weighted by atomic mass is 9.97. The van der Waals surface area contributed by atoms with E-state index in [9.17, 15) is 0 Å². The summed E-state index contributed by atoms with van der Waals surface area (Å²) >= 11 is 1.86. The van der Waals surface area contributed by atoms with Crippen molar-refractivity contribution < 1.29 is 0 Å². The number of pyridine rings is 1. The minimum Gasteiger partial charge on any atom is -0.356 e. The van der Waals surface area contributed by atoms with Gasteiger partial charge >= 0.3 is 0 Å². The zero-order chi connectivity index (χ0) is 17.3. The first-order chi connectivity index (χ1) is 12.3. The highest BCUT2D eigenvalue weighted by atomic mass is 127. The van der Waals surface area contributed by atoms with Gasteiger partial charge in [0, 0.05) is 31.2 Å². The van der Waals surface area contributed by atoms with E-state index in [-0.39, 0.29) is 24.0 Å². The van der Waals surface area contributed by atoms with Gasteiger partial charge in [0.25, 0.3) is 0 Å². The monoisotopic (exact) mass is 485 g/mol. The molecule has 0 atom stereocenters. The number of aromatic nitrogens is 1. The van der Waals surface area contributed by atoms with Gasteiger partial charge in [-0.1, -0.05) is 12.1 Å². The minimum absolute atomic E-state index is 0. The number of aliphatic imine (C=N–C) groups is 1. The van der Waals surface area contributed by atoms with Crippen molar-refractivity contribution in [2.75, 3.05) is 26.7 Å². The van der Waals surface area contributed by atoms with Gasteiger partial charge in [0.1, 0.15) is 0 Å². The molecule has 0 amide bonds. The van der Waals surface area contributed by atoms with Crippen LogP contribution in [-0.4, -0.2) is 42.5 Å². The molecule has 0 spiro atoms. The summed E-state index contributed by atoms with van der Waals surface area (Å²) in [5, 5.41) is 8.96. The molecule has 5 nitrogen and oxygen atoms in total. The van der Waals surface area contributed by atoms with E-state index in [1.165, 1.54) is 30.8 Å². The number of rotatable bonds is 6. The van der Waals surface area contributed by atoms with E-state index in [0.717, 1.165) is 24.7 Å². The number of hydrogen-bond donors (Lipinski definition) is 2. The Hall–Kier alpha value is -1.19. The van der Waals surface area contributed by atoms with Crippen LogP contribution in [0.15, 0.2) is 46.9 Å². The predicted molar refractivity (Wildman–Crippen MR) is 120 cm³/mol. The van der Waals surface area contributed by atoms with Crippen molar-refractivity contribution in [3.8, 4) is 0 Å². The zero-order valence-corrected chi connectivity index (χ0v) is 18.4. The number of nitrogens with one attached hydrogen (secondary N) is 2. The highest BCUT2D eigenvalue weighted by Crippen LogP contribution is 2.20. The molecule has 1 saturated heterocycles. The number of nitrogens with zero attached hydrogens (tertiary/aromatic N) is 3. The van der Waals surface area contributed by atoms with Crippen LogP contribution in [0.1, 0.15) is 23.4 Å². The molecule has 0 aromatic carbocycles. The van der Waals surface area contributed by atoms with Crippen molar-refractivity contribution >= 4 is 41.3 Å². The number of piperidine rings is 1. The highest BCUT2D eigenvalue weighted by Gasteiger charge is 2.19. The number of hydrogen-bond acceptors (Lipinski definition) is 4. The Labute approximate surface area is 177 Å². The van der Waals surface area contributed by atoms with Crippen LogP contribution >= 0.6 is 35.3 Å². The van der Waals surface area contributed by atoms with Gasteiger partial charge in [0.2, 0.25) is 0 Å². The maximum Gasteiger partial charge on any atom is 0.191 e. The van der Waals surface area contributed by atoms with Crippen LogP contribution in [0.3, 0.4) is 0 Å². The summed E-state index contributed by atoms with van der Waals surface area (Å²) in [6.45, 7) is 5.15. The predicted octanol–water partition coefficient (Wildman–Crippen LogP) is 3.34. The van der Waals surface area contributed by atoms with E-state index in [1.54, 1.807) is 0 Å². The molecule has 3 heterocycles. The van der Waals surface area contributed by atoms with Gasteiger partial charge in [0.15, 0.2) is 5.96 Å².